The summed E-state index contributed by atoms with van der Waals surface area (Å²) in [6.07, 6.45) is 0. The van der Waals surface area contributed by atoms with Gasteiger partial charge in [-0.1, -0.05) is 18.2 Å². The number of carboxylic acids is 1. The van der Waals surface area contributed by atoms with Crippen LogP contribution in [0.1, 0.15) is 22.8 Å². The molecule has 1 unspecified atom stereocenters. The highest BCUT2D eigenvalue weighted by atomic mass is 19.1. The van der Waals surface area contributed by atoms with Crippen molar-refractivity contribution in [2.24, 2.45) is 0 Å². The van der Waals surface area contributed by atoms with Crippen LogP contribution in [0.2, 0.25) is 0 Å². The topological polar surface area (TPSA) is 71.2 Å². The Morgan fingerprint density at radius 2 is 2.18 bits per heavy atom. The number of carboxylic acid groups (broad SMARTS) is 1. The average Bonchev–Trinajstić information content (AvgIpc) is 2.84. The summed E-state index contributed by atoms with van der Waals surface area (Å²) < 4.78 is 16.0. The van der Waals surface area contributed by atoms with Crippen molar-refractivity contribution in [2.45, 2.75) is 39.5 Å². The van der Waals surface area contributed by atoms with Gasteiger partial charge in [-0.05, 0) is 19.4 Å². The number of rotatable bonds is 3. The molecule has 0 amide bonds. The van der Waals surface area contributed by atoms with Crippen LogP contribution in [0.15, 0.2) is 18.2 Å². The molecule has 22 heavy (non-hydrogen) atoms. The highest BCUT2D eigenvalue weighted by Gasteiger charge is 2.33. The van der Waals surface area contributed by atoms with Crippen molar-refractivity contribution >= 4 is 5.97 Å². The first-order chi connectivity index (χ1) is 10.5. The van der Waals surface area contributed by atoms with Gasteiger partial charge in [-0.2, -0.15) is 0 Å². The smallest absolute Gasteiger partial charge is 0.322 e. The zero-order chi connectivity index (χ0) is 15.9. The molecule has 0 fully saturated rings. The fourth-order valence-electron chi connectivity index (χ4n) is 2.81. The van der Waals surface area contributed by atoms with Crippen LogP contribution >= 0.6 is 0 Å². The van der Waals surface area contributed by atoms with Gasteiger partial charge in [0.1, 0.15) is 23.5 Å². The third-order valence-electron chi connectivity index (χ3n) is 4.08. The first-order valence-corrected chi connectivity index (χ1v) is 7.07. The van der Waals surface area contributed by atoms with Crippen molar-refractivity contribution in [3.8, 4) is 0 Å². The summed E-state index contributed by atoms with van der Waals surface area (Å²) in [4.78, 5) is 13.3. The van der Waals surface area contributed by atoms with Gasteiger partial charge in [0.2, 0.25) is 0 Å². The van der Waals surface area contributed by atoms with Crippen molar-refractivity contribution in [1.29, 1.82) is 0 Å². The summed E-state index contributed by atoms with van der Waals surface area (Å²) in [5, 5.41) is 17.5. The van der Waals surface area contributed by atoms with Gasteiger partial charge in [0, 0.05) is 12.1 Å². The molecule has 1 atom stereocenters. The Hall–Kier alpha value is -2.28. The zero-order valence-electron chi connectivity index (χ0n) is 12.5. The molecule has 2 aromatic rings. The Morgan fingerprint density at radius 3 is 2.91 bits per heavy atom. The Morgan fingerprint density at radius 1 is 1.41 bits per heavy atom. The van der Waals surface area contributed by atoms with E-state index in [1.807, 2.05) is 4.57 Å². The van der Waals surface area contributed by atoms with E-state index in [0.717, 1.165) is 0 Å². The van der Waals surface area contributed by atoms with Gasteiger partial charge in [-0.3, -0.25) is 9.69 Å². The second-order valence-corrected chi connectivity index (χ2v) is 5.58. The fraction of sp³-hybridized carbons (Fsp3) is 0.400. The third kappa shape index (κ3) is 2.48. The van der Waals surface area contributed by atoms with Crippen molar-refractivity contribution in [2.75, 3.05) is 0 Å². The summed E-state index contributed by atoms with van der Waals surface area (Å²) in [5.41, 5.74) is 1.05. The van der Waals surface area contributed by atoms with Crippen LogP contribution in [0.25, 0.3) is 0 Å². The van der Waals surface area contributed by atoms with Crippen LogP contribution in [0.5, 0.6) is 0 Å². The zero-order valence-corrected chi connectivity index (χ0v) is 12.5. The predicted molar refractivity (Wildman–Crippen MR) is 76.6 cm³/mol. The molecule has 0 radical (unpaired) electrons. The first kappa shape index (κ1) is 14.6. The lowest BCUT2D eigenvalue weighted by Crippen LogP contribution is -2.47. The van der Waals surface area contributed by atoms with Gasteiger partial charge in [-0.25, -0.2) is 4.39 Å². The highest BCUT2D eigenvalue weighted by molar-refractivity contribution is 5.73. The number of aliphatic carboxylic acids is 1. The average molecular weight is 304 g/mol. The number of aromatic nitrogens is 3. The maximum atomic E-state index is 14.2. The molecule has 7 heteroatoms. The van der Waals surface area contributed by atoms with E-state index in [2.05, 4.69) is 10.2 Å². The van der Waals surface area contributed by atoms with Crippen molar-refractivity contribution < 1.29 is 14.3 Å². The molecular formula is C15H17FN4O2. The number of nitrogens with zero attached hydrogens (tertiary/aromatic N) is 4. The minimum absolute atomic E-state index is 0.233. The van der Waals surface area contributed by atoms with E-state index in [0.29, 0.717) is 29.3 Å². The Labute approximate surface area is 127 Å². The van der Waals surface area contributed by atoms with Crippen LogP contribution < -0.4 is 0 Å². The van der Waals surface area contributed by atoms with Gasteiger partial charge < -0.3 is 9.67 Å². The van der Waals surface area contributed by atoms with Gasteiger partial charge in [0.15, 0.2) is 0 Å². The lowest BCUT2D eigenvalue weighted by molar-refractivity contribution is -0.145. The summed E-state index contributed by atoms with van der Waals surface area (Å²) in [5.74, 6) is 0.201. The summed E-state index contributed by atoms with van der Waals surface area (Å²) in [6, 6.07) is 4.44. The van der Waals surface area contributed by atoms with Crippen molar-refractivity contribution in [1.82, 2.24) is 19.7 Å². The molecule has 0 aliphatic carbocycles. The molecule has 6 nitrogen and oxygen atoms in total. The van der Waals surface area contributed by atoms with E-state index < -0.39 is 12.0 Å². The number of carbonyl (C=O) groups is 1. The lowest BCUT2D eigenvalue weighted by atomic mass is 10.1. The Bertz CT molecular complexity index is 728. The van der Waals surface area contributed by atoms with Crippen LogP contribution in [0, 0.1) is 19.7 Å². The van der Waals surface area contributed by atoms with E-state index >= 15 is 0 Å². The first-order valence-electron chi connectivity index (χ1n) is 7.07. The van der Waals surface area contributed by atoms with Gasteiger partial charge in [0.05, 0.1) is 13.1 Å². The molecule has 1 aliphatic rings. The maximum absolute atomic E-state index is 14.2. The molecule has 1 aromatic carbocycles. The normalized spacial score (nSPS) is 18.2. The summed E-state index contributed by atoms with van der Waals surface area (Å²) in [6.45, 7) is 4.34. The molecule has 3 rings (SSSR count). The van der Waals surface area contributed by atoms with Crippen LogP contribution in [-0.2, 0) is 24.4 Å². The number of hydrogen-bond donors (Lipinski definition) is 1. The molecule has 1 aliphatic heterocycles. The minimum atomic E-state index is -0.924. The van der Waals surface area contributed by atoms with Crippen LogP contribution in [-0.4, -0.2) is 36.8 Å². The minimum Gasteiger partial charge on any atom is -0.480 e. The van der Waals surface area contributed by atoms with Gasteiger partial charge in [-0.15, -0.1) is 10.2 Å². The van der Waals surface area contributed by atoms with Crippen molar-refractivity contribution in [3.05, 3.63) is 46.8 Å². The Kier molecular flexibility index (Phi) is 3.66. The second kappa shape index (κ2) is 5.49. The molecule has 0 spiro atoms. The standard InChI is InChI=1S/C15H17FN4O2/c1-9-4-3-5-11(14(9)16)6-19-8-13-18-17-10(2)20(13)7-12(19)15(21)22/h3-5,12H,6-8H2,1-2H3,(H,21,22). The highest BCUT2D eigenvalue weighted by Crippen LogP contribution is 2.22. The predicted octanol–water partition coefficient (Wildman–Crippen LogP) is 1.50. The molecular weight excluding hydrogens is 287 g/mol. The quantitative estimate of drug-likeness (QED) is 0.930. The molecule has 0 saturated carbocycles. The number of hydrogen-bond acceptors (Lipinski definition) is 4. The summed E-state index contributed by atoms with van der Waals surface area (Å²) >= 11 is 0. The number of benzene rings is 1. The lowest BCUT2D eigenvalue weighted by Gasteiger charge is -2.33. The SMILES string of the molecule is Cc1cccc(CN2Cc3nnc(C)n3CC2C(=O)O)c1F. The molecule has 2 heterocycles. The van der Waals surface area contributed by atoms with E-state index in [1.54, 1.807) is 36.9 Å². The third-order valence-corrected chi connectivity index (χ3v) is 4.08. The number of aryl methyl sites for hydroxylation is 2. The molecule has 0 bridgehead atoms. The summed E-state index contributed by atoms with van der Waals surface area (Å²) in [7, 11) is 0. The largest absolute Gasteiger partial charge is 0.480 e. The van der Waals surface area contributed by atoms with E-state index in [1.165, 1.54) is 0 Å². The maximum Gasteiger partial charge on any atom is 0.322 e. The second-order valence-electron chi connectivity index (χ2n) is 5.58. The van der Waals surface area contributed by atoms with Crippen LogP contribution in [0.4, 0.5) is 4.39 Å². The molecule has 1 N–H and O–H groups in total. The van der Waals surface area contributed by atoms with E-state index in [9.17, 15) is 14.3 Å². The van der Waals surface area contributed by atoms with E-state index in [4.69, 9.17) is 0 Å². The number of halogens is 1. The molecule has 116 valence electrons. The molecule has 0 saturated heterocycles. The number of fused-ring (bicyclic) bond motifs is 1. The molecule has 1 aromatic heterocycles. The van der Waals surface area contributed by atoms with E-state index in [-0.39, 0.29) is 18.9 Å². The van der Waals surface area contributed by atoms with Crippen LogP contribution in [0.3, 0.4) is 0 Å². The van der Waals surface area contributed by atoms with Gasteiger partial charge >= 0.3 is 5.97 Å². The van der Waals surface area contributed by atoms with Gasteiger partial charge in [0.25, 0.3) is 0 Å². The van der Waals surface area contributed by atoms with Crippen molar-refractivity contribution in [3.63, 3.8) is 0 Å². The fourth-order valence-corrected chi connectivity index (χ4v) is 2.81. The monoisotopic (exact) mass is 304 g/mol. The Balaban J connectivity index is 1.91.